The van der Waals surface area contributed by atoms with Gasteiger partial charge in [0.05, 0.1) is 0 Å². The van der Waals surface area contributed by atoms with Crippen LogP contribution >= 0.6 is 0 Å². The number of carbonyl (C=O) groups is 3. The van der Waals surface area contributed by atoms with E-state index in [9.17, 15) is 14.4 Å². The van der Waals surface area contributed by atoms with Crippen molar-refractivity contribution >= 4 is 17.8 Å². The van der Waals surface area contributed by atoms with Crippen molar-refractivity contribution in [2.45, 2.75) is 52.0 Å². The third kappa shape index (κ3) is 2.37. The molecular formula is C18H23N3O3. The molecule has 2 fully saturated rings. The highest BCUT2D eigenvalue weighted by Crippen LogP contribution is 2.58. The Kier molecular flexibility index (Phi) is 3.31. The van der Waals surface area contributed by atoms with Gasteiger partial charge in [-0.3, -0.25) is 15.0 Å². The molecule has 0 radical (unpaired) electrons. The first-order valence-electron chi connectivity index (χ1n) is 8.06. The van der Waals surface area contributed by atoms with E-state index in [4.69, 9.17) is 0 Å². The van der Waals surface area contributed by atoms with Crippen molar-refractivity contribution in [2.75, 3.05) is 0 Å². The Labute approximate surface area is 141 Å². The van der Waals surface area contributed by atoms with Gasteiger partial charge in [-0.05, 0) is 34.9 Å². The Balaban J connectivity index is 1.74. The van der Waals surface area contributed by atoms with Gasteiger partial charge in [0.25, 0.3) is 11.8 Å². The Bertz CT molecular complexity index is 731. The second kappa shape index (κ2) is 4.82. The smallest absolute Gasteiger partial charge is 0.321 e. The molecule has 1 heterocycles. The summed E-state index contributed by atoms with van der Waals surface area (Å²) in [6, 6.07) is 6.58. The van der Waals surface area contributed by atoms with Crippen molar-refractivity contribution in [3.63, 3.8) is 0 Å². The molecule has 2 N–H and O–H groups in total. The Morgan fingerprint density at radius 2 is 1.71 bits per heavy atom. The van der Waals surface area contributed by atoms with Crippen molar-refractivity contribution in [1.82, 2.24) is 15.8 Å². The molecule has 1 unspecified atom stereocenters. The first-order valence-corrected chi connectivity index (χ1v) is 8.06. The number of nitrogens with one attached hydrogen (secondary N) is 2. The summed E-state index contributed by atoms with van der Waals surface area (Å²) < 4.78 is 0. The molecule has 4 amide bonds. The van der Waals surface area contributed by atoms with Gasteiger partial charge in [-0.25, -0.2) is 4.79 Å². The van der Waals surface area contributed by atoms with Crippen molar-refractivity contribution in [2.24, 2.45) is 5.41 Å². The minimum absolute atomic E-state index is 0.0102. The van der Waals surface area contributed by atoms with Crippen LogP contribution in [0.5, 0.6) is 0 Å². The molecule has 128 valence electrons. The van der Waals surface area contributed by atoms with Crippen LogP contribution in [0.25, 0.3) is 0 Å². The van der Waals surface area contributed by atoms with Crippen molar-refractivity contribution in [3.8, 4) is 0 Å². The van der Waals surface area contributed by atoms with Gasteiger partial charge in [-0.2, -0.15) is 5.01 Å². The van der Waals surface area contributed by atoms with Crippen molar-refractivity contribution < 1.29 is 14.4 Å². The summed E-state index contributed by atoms with van der Waals surface area (Å²) in [5.41, 5.74) is 2.76. The first-order chi connectivity index (χ1) is 11.0. The summed E-state index contributed by atoms with van der Waals surface area (Å²) in [5, 5.41) is 3.50. The van der Waals surface area contributed by atoms with Crippen LogP contribution in [0.3, 0.4) is 0 Å². The molecule has 0 aromatic heterocycles. The molecule has 2 aliphatic rings. The van der Waals surface area contributed by atoms with Gasteiger partial charge < -0.3 is 5.32 Å². The third-order valence-corrected chi connectivity index (χ3v) is 5.06. The van der Waals surface area contributed by atoms with Gasteiger partial charge in [0.2, 0.25) is 0 Å². The highest BCUT2D eigenvalue weighted by atomic mass is 16.2. The number of urea groups is 1. The van der Waals surface area contributed by atoms with E-state index in [1.807, 2.05) is 26.0 Å². The fourth-order valence-corrected chi connectivity index (χ4v) is 3.16. The zero-order chi connectivity index (χ0) is 17.9. The van der Waals surface area contributed by atoms with E-state index in [0.29, 0.717) is 12.0 Å². The number of hydrogen-bond acceptors (Lipinski definition) is 3. The standard InChI is InChI=1S/C18H23N3O3/c1-16(2,3)12-8-6-11(7-9-12)13(22)20-21-14(23)18(19-15(21)24)10-17(18,4)5/h6-9H,10H2,1-5H3,(H,19,24)(H,20,22). The maximum atomic E-state index is 12.5. The number of amides is 4. The average molecular weight is 329 g/mol. The molecule has 6 heteroatoms. The van der Waals surface area contributed by atoms with E-state index in [1.54, 1.807) is 12.1 Å². The topological polar surface area (TPSA) is 78.5 Å². The van der Waals surface area contributed by atoms with Crippen LogP contribution in [0.1, 0.15) is 57.0 Å². The summed E-state index contributed by atoms with van der Waals surface area (Å²) in [6.07, 6.45) is 0.581. The van der Waals surface area contributed by atoms with Gasteiger partial charge in [0.15, 0.2) is 0 Å². The largest absolute Gasteiger partial charge is 0.344 e. The summed E-state index contributed by atoms with van der Waals surface area (Å²) in [4.78, 5) is 36.9. The lowest BCUT2D eigenvalue weighted by Gasteiger charge is -2.19. The molecule has 1 aromatic carbocycles. The number of imide groups is 1. The molecule has 24 heavy (non-hydrogen) atoms. The molecule has 6 nitrogen and oxygen atoms in total. The van der Waals surface area contributed by atoms with Gasteiger partial charge >= 0.3 is 6.03 Å². The van der Waals surface area contributed by atoms with Crippen LogP contribution in [0.2, 0.25) is 0 Å². The zero-order valence-corrected chi connectivity index (χ0v) is 14.7. The molecule has 0 bridgehead atoms. The summed E-state index contributed by atoms with van der Waals surface area (Å²) in [5.74, 6) is -0.869. The third-order valence-electron chi connectivity index (χ3n) is 5.06. The van der Waals surface area contributed by atoms with Gasteiger partial charge in [0, 0.05) is 5.56 Å². The van der Waals surface area contributed by atoms with Crippen LogP contribution in [0.15, 0.2) is 24.3 Å². The molecule has 1 spiro atoms. The van der Waals surface area contributed by atoms with Crippen LogP contribution in [0.4, 0.5) is 4.79 Å². The molecule has 1 aliphatic heterocycles. The average Bonchev–Trinajstić information content (AvgIpc) is 2.96. The lowest BCUT2D eigenvalue weighted by molar-refractivity contribution is -0.130. The number of hydrazine groups is 1. The SMILES string of the molecule is CC(C)(C)c1ccc(C(=O)NN2C(=O)NC3(CC3(C)C)C2=O)cc1. The maximum absolute atomic E-state index is 12.5. The number of carbonyl (C=O) groups excluding carboxylic acids is 3. The summed E-state index contributed by atoms with van der Waals surface area (Å²) in [7, 11) is 0. The number of nitrogens with zero attached hydrogens (tertiary/aromatic N) is 1. The van der Waals surface area contributed by atoms with E-state index in [1.165, 1.54) is 0 Å². The van der Waals surface area contributed by atoms with Gasteiger partial charge in [-0.15, -0.1) is 0 Å². The number of benzene rings is 1. The van der Waals surface area contributed by atoms with E-state index in [0.717, 1.165) is 10.6 Å². The lowest BCUT2D eigenvalue weighted by atomic mass is 9.87. The molecule has 1 saturated carbocycles. The highest BCUT2D eigenvalue weighted by molar-refractivity contribution is 6.11. The van der Waals surface area contributed by atoms with Crippen LogP contribution < -0.4 is 10.7 Å². The number of hydrogen-bond donors (Lipinski definition) is 2. The number of rotatable bonds is 2. The molecular weight excluding hydrogens is 306 g/mol. The van der Waals surface area contributed by atoms with E-state index in [2.05, 4.69) is 31.5 Å². The first kappa shape index (κ1) is 16.5. The second-order valence-electron chi connectivity index (χ2n) is 8.30. The van der Waals surface area contributed by atoms with Gasteiger partial charge in [-0.1, -0.05) is 46.8 Å². The summed E-state index contributed by atoms with van der Waals surface area (Å²) in [6.45, 7) is 10.1. The van der Waals surface area contributed by atoms with Crippen molar-refractivity contribution in [3.05, 3.63) is 35.4 Å². The zero-order valence-electron chi connectivity index (χ0n) is 14.7. The van der Waals surface area contributed by atoms with Crippen LogP contribution in [-0.4, -0.2) is 28.4 Å². The quantitative estimate of drug-likeness (QED) is 0.818. The van der Waals surface area contributed by atoms with Gasteiger partial charge in [0.1, 0.15) is 5.54 Å². The highest BCUT2D eigenvalue weighted by Gasteiger charge is 2.72. The van der Waals surface area contributed by atoms with Crippen molar-refractivity contribution in [1.29, 1.82) is 0 Å². The lowest BCUT2D eigenvalue weighted by Crippen LogP contribution is -2.47. The van der Waals surface area contributed by atoms with Crippen LogP contribution in [-0.2, 0) is 10.2 Å². The fraction of sp³-hybridized carbons (Fsp3) is 0.500. The molecule has 1 saturated heterocycles. The molecule has 1 aromatic rings. The predicted molar refractivity (Wildman–Crippen MR) is 89.1 cm³/mol. The van der Waals surface area contributed by atoms with E-state index >= 15 is 0 Å². The monoisotopic (exact) mass is 329 g/mol. The van der Waals surface area contributed by atoms with Crippen LogP contribution in [0, 0.1) is 5.41 Å². The minimum atomic E-state index is -0.868. The molecule has 1 aliphatic carbocycles. The summed E-state index contributed by atoms with van der Waals surface area (Å²) >= 11 is 0. The molecule has 1 atom stereocenters. The minimum Gasteiger partial charge on any atom is -0.321 e. The Hall–Kier alpha value is -2.37. The molecule has 3 rings (SSSR count). The second-order valence-corrected chi connectivity index (χ2v) is 8.30. The predicted octanol–water partition coefficient (Wildman–Crippen LogP) is 2.35. The Morgan fingerprint density at radius 3 is 2.12 bits per heavy atom. The fourth-order valence-electron chi connectivity index (χ4n) is 3.16. The maximum Gasteiger partial charge on any atom is 0.344 e. The Morgan fingerprint density at radius 1 is 1.17 bits per heavy atom. The normalized spacial score (nSPS) is 25.0. The van der Waals surface area contributed by atoms with E-state index < -0.39 is 23.4 Å². The van der Waals surface area contributed by atoms with E-state index in [-0.39, 0.29) is 10.8 Å².